The minimum absolute atomic E-state index is 0.00717. The van der Waals surface area contributed by atoms with E-state index in [1.807, 2.05) is 31.0 Å². The number of aliphatic hydroxyl groups excluding tert-OH is 1. The summed E-state index contributed by atoms with van der Waals surface area (Å²) in [6.45, 7) is 11.6. The average Bonchev–Trinajstić information content (AvgIpc) is 1.64. The molecule has 11 aliphatic carbocycles. The topological polar surface area (TPSA) is 261 Å². The highest BCUT2D eigenvalue weighted by Gasteiger charge is 2.49. The lowest BCUT2D eigenvalue weighted by Gasteiger charge is -2.42. The van der Waals surface area contributed by atoms with Gasteiger partial charge in [0.15, 0.2) is 11.6 Å². The van der Waals surface area contributed by atoms with Crippen molar-refractivity contribution in [3.05, 3.63) is 100 Å². The van der Waals surface area contributed by atoms with Crippen molar-refractivity contribution in [1.82, 2.24) is 0 Å². The third kappa shape index (κ3) is 23.7. The van der Waals surface area contributed by atoms with Crippen LogP contribution in [-0.4, -0.2) is 155 Å². The number of carbonyl (C=O) groups is 9. The molecule has 4 aromatic heterocycles. The normalized spacial score (nSPS) is 28.8. The van der Waals surface area contributed by atoms with Gasteiger partial charge in [0, 0.05) is 119 Å². The van der Waals surface area contributed by atoms with E-state index in [0.29, 0.717) is 131 Å². The SMILES string of the molecule is COC(=O)c1sc(C2C=CCCC2)cc1N(C(=O)C1CCC(C)CC1)C1CCC(=O)CC1.COC(=O)c1sc(C2C=CCCC2)cc1N(C(=O)C1CCC(C)CC1)C1CCC(O)CC1.COC(=O)c1sc(C2C=CCCC2)cc1N(C(=O)C1CCC(C)CC1)C1CCC2(CC1)OCCO2.COC(=O)c1sccc1N(C(=O)C1CCC(C)CC1)C1CCC2(CC1)OCCO2. The van der Waals surface area contributed by atoms with Crippen LogP contribution < -0.4 is 19.6 Å². The molecule has 8 saturated carbocycles. The van der Waals surface area contributed by atoms with E-state index in [0.717, 1.165) is 251 Å². The van der Waals surface area contributed by atoms with Crippen LogP contribution in [-0.2, 0) is 61.9 Å². The van der Waals surface area contributed by atoms with E-state index in [2.05, 4.69) is 82.4 Å². The van der Waals surface area contributed by atoms with Crippen LogP contribution >= 0.6 is 45.3 Å². The van der Waals surface area contributed by atoms with Crippen LogP contribution in [0.3, 0.4) is 0 Å². The van der Waals surface area contributed by atoms with Crippen molar-refractivity contribution in [2.45, 2.75) is 351 Å². The molecule has 2 spiro atoms. The first kappa shape index (κ1) is 97.3. The van der Waals surface area contributed by atoms with Gasteiger partial charge < -0.3 is 62.6 Å². The van der Waals surface area contributed by atoms with E-state index in [4.69, 9.17) is 37.9 Å². The first-order valence-corrected chi connectivity index (χ1v) is 52.2. The van der Waals surface area contributed by atoms with Crippen LogP contribution in [0.5, 0.6) is 0 Å². The molecular formula is C102H142N4O18S4. The first-order chi connectivity index (χ1) is 62.0. The molecule has 6 heterocycles. The molecule has 4 aromatic rings. The zero-order chi connectivity index (χ0) is 90.2. The van der Waals surface area contributed by atoms with E-state index in [1.165, 1.54) is 73.8 Å². The predicted molar refractivity (Wildman–Crippen MR) is 504 cm³/mol. The molecule has 3 unspecified atom stereocenters. The van der Waals surface area contributed by atoms with E-state index >= 15 is 0 Å². The molecule has 128 heavy (non-hydrogen) atoms. The minimum atomic E-state index is -0.483. The zero-order valence-corrected chi connectivity index (χ0v) is 80.5. The summed E-state index contributed by atoms with van der Waals surface area (Å²) in [5.41, 5.74) is 2.91. The number of thiophene rings is 4. The fraction of sp³-hybridized carbons (Fsp3) is 0.696. The fourth-order valence-corrected chi connectivity index (χ4v) is 26.7. The number of amides is 4. The number of hydrogen-bond acceptors (Lipinski definition) is 22. The number of carbonyl (C=O) groups excluding carboxylic acids is 9. The molecule has 10 fully saturated rings. The number of rotatable bonds is 19. The van der Waals surface area contributed by atoms with Crippen molar-refractivity contribution >= 4 is 121 Å². The average molecular weight is 1840 g/mol. The largest absolute Gasteiger partial charge is 0.465 e. The summed E-state index contributed by atoms with van der Waals surface area (Å²) in [4.78, 5) is 132. The van der Waals surface area contributed by atoms with Gasteiger partial charge in [-0.05, 0) is 278 Å². The Morgan fingerprint density at radius 3 is 0.930 bits per heavy atom. The summed E-state index contributed by atoms with van der Waals surface area (Å²) in [5, 5.41) is 11.9. The van der Waals surface area contributed by atoms with Gasteiger partial charge in [-0.3, -0.25) is 24.0 Å². The molecule has 0 bridgehead atoms. The molecule has 0 radical (unpaired) electrons. The molecule has 3 atom stereocenters. The Kier molecular flexibility index (Phi) is 34.8. The number of methoxy groups -OCH3 is 4. The number of aliphatic hydroxyl groups is 1. The maximum Gasteiger partial charge on any atom is 0.350 e. The second-order valence-corrected chi connectivity index (χ2v) is 43.3. The zero-order valence-electron chi connectivity index (χ0n) is 77.2. The van der Waals surface area contributed by atoms with Crippen molar-refractivity contribution in [3.63, 3.8) is 0 Å². The van der Waals surface area contributed by atoms with E-state index in [1.54, 1.807) is 0 Å². The second kappa shape index (κ2) is 45.8. The molecule has 4 amide bonds. The number of anilines is 4. The van der Waals surface area contributed by atoms with Crippen LogP contribution in [0.4, 0.5) is 22.7 Å². The number of hydrogen-bond donors (Lipinski definition) is 1. The molecule has 2 aliphatic heterocycles. The van der Waals surface area contributed by atoms with Crippen molar-refractivity contribution in [3.8, 4) is 0 Å². The highest BCUT2D eigenvalue weighted by Crippen LogP contribution is 2.50. The number of allylic oxidation sites excluding steroid dienone is 6. The maximum atomic E-state index is 14.2. The van der Waals surface area contributed by atoms with Gasteiger partial charge in [0.05, 0.1) is 83.7 Å². The maximum absolute atomic E-state index is 14.2. The van der Waals surface area contributed by atoms with Crippen LogP contribution in [0, 0.1) is 47.3 Å². The number of ether oxygens (including phenoxy) is 8. The first-order valence-electron chi connectivity index (χ1n) is 48.9. The summed E-state index contributed by atoms with van der Waals surface area (Å²) in [6, 6.07) is 8.25. The lowest BCUT2D eigenvalue weighted by Crippen LogP contribution is -2.49. The van der Waals surface area contributed by atoms with E-state index in [-0.39, 0.29) is 113 Å². The Morgan fingerprint density at radius 2 is 0.641 bits per heavy atom. The lowest BCUT2D eigenvalue weighted by atomic mass is 9.81. The number of nitrogens with zero attached hydrogens (tertiary/aromatic N) is 4. The van der Waals surface area contributed by atoms with Crippen molar-refractivity contribution in [2.24, 2.45) is 47.3 Å². The predicted octanol–water partition coefficient (Wildman–Crippen LogP) is 22.4. The van der Waals surface area contributed by atoms with Crippen LogP contribution in [0.15, 0.2) is 66.1 Å². The van der Waals surface area contributed by atoms with Gasteiger partial charge in [-0.2, -0.15) is 0 Å². The molecule has 1 N–H and O–H groups in total. The second-order valence-electron chi connectivity index (χ2n) is 39.2. The third-order valence-corrected chi connectivity index (χ3v) is 34.9. The van der Waals surface area contributed by atoms with Crippen LogP contribution in [0.1, 0.15) is 362 Å². The molecule has 22 nitrogen and oxygen atoms in total. The van der Waals surface area contributed by atoms with E-state index < -0.39 is 11.6 Å². The molecule has 13 aliphatic rings. The molecule has 0 aromatic carbocycles. The van der Waals surface area contributed by atoms with Crippen molar-refractivity contribution < 1.29 is 86.2 Å². The van der Waals surface area contributed by atoms with Gasteiger partial charge in [0.25, 0.3) is 0 Å². The Morgan fingerprint density at radius 1 is 0.359 bits per heavy atom. The summed E-state index contributed by atoms with van der Waals surface area (Å²) in [6.07, 6.45) is 50.7. The van der Waals surface area contributed by atoms with Gasteiger partial charge >= 0.3 is 23.9 Å². The summed E-state index contributed by atoms with van der Waals surface area (Å²) in [7, 11) is 5.64. The molecule has 2 saturated heterocycles. The highest BCUT2D eigenvalue weighted by molar-refractivity contribution is 7.15. The van der Waals surface area contributed by atoms with Gasteiger partial charge in [0.1, 0.15) is 25.3 Å². The van der Waals surface area contributed by atoms with Gasteiger partial charge in [-0.1, -0.05) is 64.2 Å². The Balaban J connectivity index is 0.000000138. The highest BCUT2D eigenvalue weighted by atomic mass is 32.1. The molecular weight excluding hydrogens is 1700 g/mol. The van der Waals surface area contributed by atoms with Crippen molar-refractivity contribution in [2.75, 3.05) is 74.5 Å². The van der Waals surface area contributed by atoms with Gasteiger partial charge in [-0.15, -0.1) is 45.3 Å². The monoisotopic (exact) mass is 1840 g/mol. The Hall–Kier alpha value is -6.75. The fourth-order valence-electron chi connectivity index (χ4n) is 22.4. The van der Waals surface area contributed by atoms with Crippen LogP contribution in [0.25, 0.3) is 0 Å². The summed E-state index contributed by atoms with van der Waals surface area (Å²) < 4.78 is 44.1. The Bertz CT molecular complexity index is 4470. The molecule has 702 valence electrons. The number of Topliss-reactive ketones (excluding diaryl/α,β-unsaturated/α-hetero) is 1. The van der Waals surface area contributed by atoms with Gasteiger partial charge in [0.2, 0.25) is 23.6 Å². The molecule has 17 rings (SSSR count). The van der Waals surface area contributed by atoms with E-state index in [9.17, 15) is 48.3 Å². The standard InChI is InChI=1S/C28H39NO5S.C26H37NO4S.C26H35NO4S.C22H31NO5S/c1-19-8-10-21(11-9-19)26(30)29(22-12-14-28(15-13-22)33-16-17-34-28)23-18-24(20-6-4-3-5-7-20)35-25(23)27(31)32-2;2*1-17-8-10-19(11-9-17)25(29)27(20-12-14-21(28)15-13-20)22-16-23(18-6-4-3-5-7-18)32-24(22)26(30)31-2;1-15-3-5-16(6-4-15)20(24)23(18-9-14-29-19(18)21(25)26-2)17-7-10-22(11-8-17)27-12-13-28-22/h4,6,18-22H,3,5,7-17H2,1-2H3;4,6,16-21,28H,3,5,7-15H2,1-2H3;4,6,16-20H,3,5,7-15H2,1-2H3;9,14-17H,3-8,10-13H2,1-2H3. The number of esters is 4. The van der Waals surface area contributed by atoms with Gasteiger partial charge in [-0.25, -0.2) is 19.2 Å². The summed E-state index contributed by atoms with van der Waals surface area (Å²) >= 11 is 5.80. The quantitative estimate of drug-likeness (QED) is 0.0519. The number of ketones is 1. The molecule has 26 heteroatoms. The van der Waals surface area contributed by atoms with Crippen LogP contribution in [0.2, 0.25) is 0 Å². The smallest absolute Gasteiger partial charge is 0.350 e. The summed E-state index contributed by atoms with van der Waals surface area (Å²) in [5.74, 6) is 2.13. The van der Waals surface area contributed by atoms with Crippen molar-refractivity contribution in [1.29, 1.82) is 0 Å². The Labute approximate surface area is 775 Å². The lowest BCUT2D eigenvalue weighted by molar-refractivity contribution is -0.179. The third-order valence-electron chi connectivity index (χ3n) is 30.3. The minimum Gasteiger partial charge on any atom is -0.465 e.